The fourth-order valence-corrected chi connectivity index (χ4v) is 3.89. The summed E-state index contributed by atoms with van der Waals surface area (Å²) in [5.41, 5.74) is 10.5. The summed E-state index contributed by atoms with van der Waals surface area (Å²) in [6, 6.07) is 14.8. The van der Waals surface area contributed by atoms with Crippen LogP contribution in [0.4, 0.5) is 11.4 Å². The molecule has 0 atom stereocenters. The number of hydrogen-bond donors (Lipinski definition) is 1. The number of aryl methyl sites for hydroxylation is 1. The molecule has 1 aromatic heterocycles. The summed E-state index contributed by atoms with van der Waals surface area (Å²) in [6.07, 6.45) is 1.99. The molecule has 1 aliphatic rings. The molecule has 5 heteroatoms. The average Bonchev–Trinajstić information content (AvgIpc) is 2.73. The van der Waals surface area contributed by atoms with Gasteiger partial charge in [-0.2, -0.15) is 0 Å². The molecular weight excluding hydrogens is 336 g/mol. The van der Waals surface area contributed by atoms with Gasteiger partial charge >= 0.3 is 0 Å². The van der Waals surface area contributed by atoms with Gasteiger partial charge in [-0.05, 0) is 25.1 Å². The Morgan fingerprint density at radius 2 is 1.67 bits per heavy atom. The molecule has 2 heterocycles. The van der Waals surface area contributed by atoms with Crippen molar-refractivity contribution in [2.75, 3.05) is 43.1 Å². The minimum atomic E-state index is 0.460. The molecule has 0 aliphatic carbocycles. The molecule has 0 bridgehead atoms. The molecule has 3 aromatic rings. The fourth-order valence-electron chi connectivity index (χ4n) is 3.89. The lowest BCUT2D eigenvalue weighted by Crippen LogP contribution is -2.46. The molecule has 27 heavy (non-hydrogen) atoms. The van der Waals surface area contributed by atoms with Crippen LogP contribution in [0.25, 0.3) is 10.8 Å². The zero-order valence-electron chi connectivity index (χ0n) is 16.0. The van der Waals surface area contributed by atoms with Crippen molar-refractivity contribution in [1.82, 2.24) is 4.98 Å². The van der Waals surface area contributed by atoms with E-state index < -0.39 is 0 Å². The van der Waals surface area contributed by atoms with Crippen molar-refractivity contribution in [3.8, 4) is 5.75 Å². The van der Waals surface area contributed by atoms with Crippen LogP contribution < -0.4 is 20.3 Å². The van der Waals surface area contributed by atoms with Gasteiger partial charge in [-0.3, -0.25) is 4.98 Å². The molecule has 1 fully saturated rings. The molecule has 0 amide bonds. The van der Waals surface area contributed by atoms with Gasteiger partial charge in [-0.1, -0.05) is 29.8 Å². The van der Waals surface area contributed by atoms with E-state index in [1.807, 2.05) is 18.3 Å². The van der Waals surface area contributed by atoms with Crippen LogP contribution in [-0.4, -0.2) is 38.3 Å². The highest BCUT2D eigenvalue weighted by molar-refractivity contribution is 5.96. The van der Waals surface area contributed by atoms with Gasteiger partial charge < -0.3 is 20.3 Å². The Bertz CT molecular complexity index is 948. The summed E-state index contributed by atoms with van der Waals surface area (Å²) in [4.78, 5) is 9.46. The van der Waals surface area contributed by atoms with Gasteiger partial charge in [0.1, 0.15) is 5.75 Å². The molecule has 1 aliphatic heterocycles. The van der Waals surface area contributed by atoms with Gasteiger partial charge in [-0.15, -0.1) is 0 Å². The molecule has 2 N–H and O–H groups in total. The maximum atomic E-state index is 5.90. The standard InChI is InChI=1S/C22H26N4O/c1-16-7-8-17-18(13-16)21(15-24-19(17)14-23)26-11-9-25(10-12-26)20-5-3-4-6-22(20)27-2/h3-8,13,15H,9-12,14,23H2,1-2H3. The maximum Gasteiger partial charge on any atom is 0.142 e. The van der Waals surface area contributed by atoms with Crippen molar-refractivity contribution in [3.63, 3.8) is 0 Å². The van der Waals surface area contributed by atoms with Gasteiger partial charge in [0.05, 0.1) is 30.4 Å². The van der Waals surface area contributed by atoms with Crippen molar-refractivity contribution < 1.29 is 4.74 Å². The normalized spacial score (nSPS) is 14.6. The number of rotatable bonds is 4. The second kappa shape index (κ2) is 7.45. The number of aromatic nitrogens is 1. The van der Waals surface area contributed by atoms with Crippen molar-refractivity contribution in [1.29, 1.82) is 0 Å². The van der Waals surface area contributed by atoms with E-state index in [-0.39, 0.29) is 0 Å². The van der Waals surface area contributed by atoms with E-state index in [2.05, 4.69) is 52.0 Å². The Kier molecular flexibility index (Phi) is 4.86. The Morgan fingerprint density at radius 3 is 2.37 bits per heavy atom. The van der Waals surface area contributed by atoms with Crippen molar-refractivity contribution in [2.24, 2.45) is 5.73 Å². The maximum absolute atomic E-state index is 5.90. The summed E-state index contributed by atoms with van der Waals surface area (Å²) in [5, 5.41) is 2.41. The molecule has 5 nitrogen and oxygen atoms in total. The number of pyridine rings is 1. The third kappa shape index (κ3) is 3.30. The number of fused-ring (bicyclic) bond motifs is 1. The van der Waals surface area contributed by atoms with E-state index in [4.69, 9.17) is 10.5 Å². The van der Waals surface area contributed by atoms with Crippen LogP contribution in [0, 0.1) is 6.92 Å². The first-order valence-electron chi connectivity index (χ1n) is 9.42. The molecule has 0 unspecified atom stereocenters. The predicted molar refractivity (Wildman–Crippen MR) is 112 cm³/mol. The molecule has 1 saturated heterocycles. The molecular formula is C22H26N4O. The van der Waals surface area contributed by atoms with Crippen molar-refractivity contribution in [3.05, 3.63) is 59.9 Å². The number of nitrogens with zero attached hydrogens (tertiary/aromatic N) is 3. The van der Waals surface area contributed by atoms with Crippen LogP contribution in [0.3, 0.4) is 0 Å². The number of benzene rings is 2. The summed E-state index contributed by atoms with van der Waals surface area (Å²) < 4.78 is 5.53. The number of anilines is 2. The van der Waals surface area contributed by atoms with E-state index in [1.165, 1.54) is 16.6 Å². The zero-order chi connectivity index (χ0) is 18.8. The summed E-state index contributed by atoms with van der Waals surface area (Å²) >= 11 is 0. The van der Waals surface area contributed by atoms with Crippen molar-refractivity contribution in [2.45, 2.75) is 13.5 Å². The van der Waals surface area contributed by atoms with Crippen LogP contribution in [0.1, 0.15) is 11.3 Å². The predicted octanol–water partition coefficient (Wildman–Crippen LogP) is 3.34. The Balaban J connectivity index is 1.61. The van der Waals surface area contributed by atoms with Crippen LogP contribution in [-0.2, 0) is 6.54 Å². The smallest absolute Gasteiger partial charge is 0.142 e. The monoisotopic (exact) mass is 362 g/mol. The molecule has 0 spiro atoms. The number of hydrogen-bond acceptors (Lipinski definition) is 5. The Hall–Kier alpha value is -2.79. The Morgan fingerprint density at radius 1 is 0.963 bits per heavy atom. The number of nitrogens with two attached hydrogens (primary N) is 1. The van der Waals surface area contributed by atoms with Gasteiger partial charge in [0.15, 0.2) is 0 Å². The van der Waals surface area contributed by atoms with Gasteiger partial charge in [0.2, 0.25) is 0 Å². The largest absolute Gasteiger partial charge is 0.495 e. The molecule has 140 valence electrons. The average molecular weight is 362 g/mol. The van der Waals surface area contributed by atoms with E-state index in [9.17, 15) is 0 Å². The zero-order valence-corrected chi connectivity index (χ0v) is 16.0. The lowest BCUT2D eigenvalue weighted by molar-refractivity contribution is 0.413. The molecule has 4 rings (SSSR count). The van der Waals surface area contributed by atoms with Gasteiger partial charge in [0, 0.05) is 43.5 Å². The highest BCUT2D eigenvalue weighted by Crippen LogP contribution is 2.32. The SMILES string of the molecule is COc1ccccc1N1CCN(c2cnc(CN)c3ccc(C)cc23)CC1. The van der Waals surface area contributed by atoms with E-state index in [0.29, 0.717) is 6.54 Å². The third-order valence-electron chi connectivity index (χ3n) is 5.34. The quantitative estimate of drug-likeness (QED) is 0.771. The highest BCUT2D eigenvalue weighted by atomic mass is 16.5. The second-order valence-electron chi connectivity index (χ2n) is 6.99. The van der Waals surface area contributed by atoms with E-state index in [0.717, 1.165) is 48.7 Å². The minimum Gasteiger partial charge on any atom is -0.495 e. The van der Waals surface area contributed by atoms with Gasteiger partial charge in [0.25, 0.3) is 0 Å². The summed E-state index contributed by atoms with van der Waals surface area (Å²) in [6.45, 7) is 6.39. The third-order valence-corrected chi connectivity index (χ3v) is 5.34. The molecule has 2 aromatic carbocycles. The minimum absolute atomic E-state index is 0.460. The van der Waals surface area contributed by atoms with E-state index >= 15 is 0 Å². The van der Waals surface area contributed by atoms with Crippen molar-refractivity contribution >= 4 is 22.1 Å². The number of piperazine rings is 1. The lowest BCUT2D eigenvalue weighted by atomic mass is 10.0. The van der Waals surface area contributed by atoms with Crippen LogP contribution in [0.2, 0.25) is 0 Å². The number of ether oxygens (including phenoxy) is 1. The first-order valence-corrected chi connectivity index (χ1v) is 9.42. The van der Waals surface area contributed by atoms with E-state index in [1.54, 1.807) is 7.11 Å². The summed E-state index contributed by atoms with van der Waals surface area (Å²) in [7, 11) is 1.73. The molecule has 0 radical (unpaired) electrons. The highest BCUT2D eigenvalue weighted by Gasteiger charge is 2.21. The summed E-state index contributed by atoms with van der Waals surface area (Å²) in [5.74, 6) is 0.931. The van der Waals surface area contributed by atoms with Gasteiger partial charge in [-0.25, -0.2) is 0 Å². The Labute approximate surface area is 160 Å². The lowest BCUT2D eigenvalue weighted by Gasteiger charge is -2.38. The fraction of sp³-hybridized carbons (Fsp3) is 0.318. The second-order valence-corrected chi connectivity index (χ2v) is 6.99. The number of para-hydroxylation sites is 2. The topological polar surface area (TPSA) is 54.6 Å². The first kappa shape index (κ1) is 17.6. The van der Waals surface area contributed by atoms with Crippen LogP contribution >= 0.6 is 0 Å². The number of methoxy groups -OCH3 is 1. The van der Waals surface area contributed by atoms with Crippen LogP contribution in [0.15, 0.2) is 48.7 Å². The first-order chi connectivity index (χ1) is 13.2. The molecule has 0 saturated carbocycles. The van der Waals surface area contributed by atoms with Crippen LogP contribution in [0.5, 0.6) is 5.75 Å².